The Bertz CT molecular complexity index is 822. The number of aromatic nitrogens is 4. The van der Waals surface area contributed by atoms with Crippen LogP contribution in [0.25, 0.3) is 0 Å². The highest BCUT2D eigenvalue weighted by atomic mass is 15.6. The van der Waals surface area contributed by atoms with Crippen molar-refractivity contribution in [3.05, 3.63) is 35.7 Å². The van der Waals surface area contributed by atoms with Crippen molar-refractivity contribution < 1.29 is 0 Å². The van der Waals surface area contributed by atoms with E-state index in [0.29, 0.717) is 0 Å². The van der Waals surface area contributed by atoms with Gasteiger partial charge in [0.15, 0.2) is 5.82 Å². The van der Waals surface area contributed by atoms with Crippen LogP contribution in [0.4, 0.5) is 5.69 Å². The van der Waals surface area contributed by atoms with Crippen LogP contribution in [0.1, 0.15) is 70.3 Å². The lowest BCUT2D eigenvalue weighted by atomic mass is 9.93. The van der Waals surface area contributed by atoms with E-state index >= 15 is 0 Å². The first kappa shape index (κ1) is 22.2. The first-order chi connectivity index (χ1) is 14.8. The van der Waals surface area contributed by atoms with Gasteiger partial charge in [0.05, 0.1) is 11.6 Å². The van der Waals surface area contributed by atoms with Crippen molar-refractivity contribution >= 4 is 5.69 Å². The predicted molar refractivity (Wildman–Crippen MR) is 125 cm³/mol. The van der Waals surface area contributed by atoms with Crippen LogP contribution >= 0.6 is 0 Å². The molecule has 2 aliphatic rings. The molecule has 1 saturated carbocycles. The molecule has 1 aliphatic heterocycles. The van der Waals surface area contributed by atoms with Crippen molar-refractivity contribution in [2.24, 2.45) is 0 Å². The number of benzene rings is 1. The molecule has 0 spiro atoms. The summed E-state index contributed by atoms with van der Waals surface area (Å²) in [5.41, 5.74) is 2.31. The van der Waals surface area contributed by atoms with Crippen LogP contribution in [-0.4, -0.2) is 76.3 Å². The van der Waals surface area contributed by atoms with Crippen LogP contribution in [0.3, 0.4) is 0 Å². The molecular weight excluding hydrogens is 386 g/mol. The lowest BCUT2D eigenvalue weighted by Crippen LogP contribution is -2.52. The molecule has 7 nitrogen and oxygen atoms in total. The third-order valence-corrected chi connectivity index (χ3v) is 6.90. The molecule has 1 aromatic heterocycles. The first-order valence-electron chi connectivity index (χ1n) is 11.9. The lowest BCUT2D eigenvalue weighted by Gasteiger charge is -2.43. The van der Waals surface area contributed by atoms with Gasteiger partial charge in [-0.15, -0.1) is 5.10 Å². The molecule has 1 saturated heterocycles. The van der Waals surface area contributed by atoms with Gasteiger partial charge in [-0.1, -0.05) is 31.4 Å². The second-order valence-corrected chi connectivity index (χ2v) is 10.4. The van der Waals surface area contributed by atoms with E-state index in [1.165, 1.54) is 43.4 Å². The van der Waals surface area contributed by atoms with Crippen LogP contribution in [0, 0.1) is 0 Å². The van der Waals surface area contributed by atoms with E-state index in [9.17, 15) is 0 Å². The minimum atomic E-state index is -0.162. The van der Waals surface area contributed by atoms with Crippen molar-refractivity contribution in [2.75, 3.05) is 45.2 Å². The molecule has 0 amide bonds. The Morgan fingerprint density at radius 2 is 1.58 bits per heavy atom. The van der Waals surface area contributed by atoms with E-state index in [1.807, 2.05) is 4.68 Å². The summed E-state index contributed by atoms with van der Waals surface area (Å²) >= 11 is 0. The van der Waals surface area contributed by atoms with E-state index in [0.717, 1.165) is 38.0 Å². The molecule has 1 aromatic carbocycles. The van der Waals surface area contributed by atoms with Crippen LogP contribution < -0.4 is 4.90 Å². The van der Waals surface area contributed by atoms with Gasteiger partial charge in [-0.2, -0.15) is 0 Å². The van der Waals surface area contributed by atoms with E-state index < -0.39 is 0 Å². The van der Waals surface area contributed by atoms with E-state index in [2.05, 4.69) is 89.4 Å². The topological polar surface area (TPSA) is 53.3 Å². The summed E-state index contributed by atoms with van der Waals surface area (Å²) in [6, 6.07) is 9.75. The highest BCUT2D eigenvalue weighted by molar-refractivity contribution is 5.47. The molecule has 1 aliphatic carbocycles. The quantitative estimate of drug-likeness (QED) is 0.730. The molecule has 0 unspecified atom stereocenters. The highest BCUT2D eigenvalue weighted by Gasteiger charge is 2.34. The second kappa shape index (κ2) is 9.25. The monoisotopic (exact) mass is 425 g/mol. The Labute approximate surface area is 187 Å². The van der Waals surface area contributed by atoms with E-state index in [4.69, 9.17) is 0 Å². The van der Waals surface area contributed by atoms with Gasteiger partial charge in [0, 0.05) is 52.0 Å². The molecule has 7 heteroatoms. The number of hydrogen-bond acceptors (Lipinski definition) is 6. The third kappa shape index (κ3) is 4.93. The largest absolute Gasteiger partial charge is 0.378 e. The van der Waals surface area contributed by atoms with Crippen LogP contribution in [0.5, 0.6) is 0 Å². The Morgan fingerprint density at radius 1 is 0.935 bits per heavy atom. The smallest absolute Gasteiger partial charge is 0.173 e. The molecule has 2 aromatic rings. The molecular formula is C24H39N7. The summed E-state index contributed by atoms with van der Waals surface area (Å²) in [5.74, 6) is 0.941. The van der Waals surface area contributed by atoms with Gasteiger partial charge in [0.1, 0.15) is 0 Å². The Balaban J connectivity index is 1.60. The fourth-order valence-electron chi connectivity index (χ4n) is 5.13. The van der Waals surface area contributed by atoms with Gasteiger partial charge in [-0.25, -0.2) is 4.68 Å². The lowest BCUT2D eigenvalue weighted by molar-refractivity contribution is 0.0609. The van der Waals surface area contributed by atoms with Crippen molar-refractivity contribution in [3.8, 4) is 0 Å². The summed E-state index contributed by atoms with van der Waals surface area (Å²) in [4.78, 5) is 7.45. The zero-order chi connectivity index (χ0) is 22.0. The average molecular weight is 426 g/mol. The van der Waals surface area contributed by atoms with E-state index in [1.54, 1.807) is 0 Å². The van der Waals surface area contributed by atoms with Gasteiger partial charge < -0.3 is 4.90 Å². The summed E-state index contributed by atoms with van der Waals surface area (Å²) in [5, 5.41) is 13.0. The van der Waals surface area contributed by atoms with Gasteiger partial charge in [-0.3, -0.25) is 9.80 Å². The van der Waals surface area contributed by atoms with Crippen molar-refractivity contribution in [3.63, 3.8) is 0 Å². The number of anilines is 1. The van der Waals surface area contributed by atoms with Crippen LogP contribution in [0.15, 0.2) is 24.3 Å². The summed E-state index contributed by atoms with van der Waals surface area (Å²) in [7, 11) is 4.16. The maximum atomic E-state index is 4.54. The molecule has 1 atom stereocenters. The van der Waals surface area contributed by atoms with Crippen molar-refractivity contribution in [1.29, 1.82) is 0 Å². The van der Waals surface area contributed by atoms with Gasteiger partial charge in [0.2, 0.25) is 0 Å². The molecule has 0 bridgehead atoms. The normalized spacial score (nSPS) is 20.7. The molecule has 0 radical (unpaired) electrons. The van der Waals surface area contributed by atoms with Gasteiger partial charge in [-0.05, 0) is 61.7 Å². The fraction of sp³-hybridized carbons (Fsp3) is 0.708. The number of nitrogens with zero attached hydrogens (tertiary/aromatic N) is 7. The van der Waals surface area contributed by atoms with Crippen molar-refractivity contribution in [1.82, 2.24) is 30.0 Å². The highest BCUT2D eigenvalue weighted by Crippen LogP contribution is 2.32. The number of tetrazole rings is 1. The number of piperazine rings is 1. The predicted octanol–water partition coefficient (Wildman–Crippen LogP) is 3.53. The SMILES string of the molecule is CN(C)c1ccc([C@H](c2nnnn2C(C)(C)C)N2CCN(C3CCCCC3)CC2)cc1. The zero-order valence-electron chi connectivity index (χ0n) is 20.0. The molecule has 2 heterocycles. The standard InChI is InChI=1S/C24H39N7/c1-24(2,3)31-23(25-26-27-31)22(19-11-13-20(14-12-19)28(4)5)30-17-15-29(16-18-30)21-9-7-6-8-10-21/h11-14,21-22H,6-10,15-18H2,1-5H3/t22-/m1/s1. The van der Waals surface area contributed by atoms with Crippen LogP contribution in [-0.2, 0) is 5.54 Å². The zero-order valence-corrected chi connectivity index (χ0v) is 20.0. The minimum Gasteiger partial charge on any atom is -0.378 e. The summed E-state index contributed by atoms with van der Waals surface area (Å²) in [6.45, 7) is 10.9. The van der Waals surface area contributed by atoms with Gasteiger partial charge in [0.25, 0.3) is 0 Å². The Hall–Kier alpha value is -1.99. The fourth-order valence-corrected chi connectivity index (χ4v) is 5.13. The minimum absolute atomic E-state index is 0.0685. The maximum absolute atomic E-state index is 4.54. The Kier molecular flexibility index (Phi) is 6.63. The first-order valence-corrected chi connectivity index (χ1v) is 11.9. The van der Waals surface area contributed by atoms with E-state index in [-0.39, 0.29) is 11.6 Å². The van der Waals surface area contributed by atoms with Gasteiger partial charge >= 0.3 is 0 Å². The summed E-state index contributed by atoms with van der Waals surface area (Å²) < 4.78 is 2.00. The van der Waals surface area contributed by atoms with Crippen molar-refractivity contribution in [2.45, 2.75) is 70.5 Å². The number of rotatable bonds is 5. The summed E-state index contributed by atoms with van der Waals surface area (Å²) in [6.07, 6.45) is 6.95. The van der Waals surface area contributed by atoms with Crippen LogP contribution in [0.2, 0.25) is 0 Å². The number of hydrogen-bond donors (Lipinski definition) is 0. The molecule has 2 fully saturated rings. The molecule has 31 heavy (non-hydrogen) atoms. The maximum Gasteiger partial charge on any atom is 0.173 e. The second-order valence-electron chi connectivity index (χ2n) is 10.4. The third-order valence-electron chi connectivity index (χ3n) is 6.90. The molecule has 0 N–H and O–H groups in total. The average Bonchev–Trinajstić information content (AvgIpc) is 3.25. The molecule has 170 valence electrons. The Morgan fingerprint density at radius 3 is 2.16 bits per heavy atom. The molecule has 4 rings (SSSR count).